The molecule has 1 aliphatic heterocycles. The molecule has 0 saturated carbocycles. The van der Waals surface area contributed by atoms with Crippen LogP contribution in [0.4, 0.5) is 5.69 Å². The molecular weight excluding hydrogens is 264 g/mol. The first-order valence-corrected chi connectivity index (χ1v) is 6.80. The average Bonchev–Trinajstić information content (AvgIpc) is 2.60. The van der Waals surface area contributed by atoms with Gasteiger partial charge in [0.1, 0.15) is 6.04 Å². The summed E-state index contributed by atoms with van der Waals surface area (Å²) in [6.07, 6.45) is 1.94. The molecule has 0 saturated heterocycles. The van der Waals surface area contributed by atoms with Crippen molar-refractivity contribution >= 4 is 29.1 Å². The second kappa shape index (κ2) is 5.61. The summed E-state index contributed by atoms with van der Waals surface area (Å²) >= 11 is 5.98. The number of rotatable bonds is 4. The van der Waals surface area contributed by atoms with Crippen LogP contribution in [0, 0.1) is 0 Å². The number of halogens is 1. The minimum atomic E-state index is -0.608. The summed E-state index contributed by atoms with van der Waals surface area (Å²) in [5, 5.41) is 3.26. The Hall–Kier alpha value is -1.55. The SMILES string of the molecule is CCCCN1C(=O)C(NC(C)=O)c2cc(Cl)ccc21. The van der Waals surface area contributed by atoms with Crippen molar-refractivity contribution in [3.8, 4) is 0 Å². The van der Waals surface area contributed by atoms with Crippen molar-refractivity contribution < 1.29 is 9.59 Å². The molecule has 1 unspecified atom stereocenters. The van der Waals surface area contributed by atoms with Crippen LogP contribution >= 0.6 is 11.6 Å². The number of nitrogens with one attached hydrogen (secondary N) is 1. The number of fused-ring (bicyclic) bond motifs is 1. The fourth-order valence-corrected chi connectivity index (χ4v) is 2.48. The van der Waals surface area contributed by atoms with Gasteiger partial charge in [-0.1, -0.05) is 24.9 Å². The molecule has 1 N–H and O–H groups in total. The molecule has 2 amide bonds. The molecule has 0 bridgehead atoms. The lowest BCUT2D eigenvalue weighted by molar-refractivity contribution is -0.126. The summed E-state index contributed by atoms with van der Waals surface area (Å²) in [5.41, 5.74) is 1.63. The average molecular weight is 281 g/mol. The number of benzene rings is 1. The zero-order valence-corrected chi connectivity index (χ0v) is 11.8. The highest BCUT2D eigenvalue weighted by Gasteiger charge is 2.37. The summed E-state index contributed by atoms with van der Waals surface area (Å²) in [5.74, 6) is -0.303. The zero-order valence-electron chi connectivity index (χ0n) is 11.1. The van der Waals surface area contributed by atoms with Gasteiger partial charge in [-0.3, -0.25) is 9.59 Å². The maximum Gasteiger partial charge on any atom is 0.254 e. The fourth-order valence-electron chi connectivity index (χ4n) is 2.30. The van der Waals surface area contributed by atoms with Crippen LogP contribution in [0.25, 0.3) is 0 Å². The molecule has 1 heterocycles. The third-order valence-corrected chi connectivity index (χ3v) is 3.42. The van der Waals surface area contributed by atoms with E-state index in [9.17, 15) is 9.59 Å². The van der Waals surface area contributed by atoms with Gasteiger partial charge in [0.25, 0.3) is 5.91 Å². The molecular formula is C14H17ClN2O2. The van der Waals surface area contributed by atoms with E-state index in [0.717, 1.165) is 24.1 Å². The Bertz CT molecular complexity index is 516. The predicted molar refractivity (Wildman–Crippen MR) is 75.3 cm³/mol. The highest BCUT2D eigenvalue weighted by atomic mass is 35.5. The van der Waals surface area contributed by atoms with Crippen LogP contribution in [0.15, 0.2) is 18.2 Å². The van der Waals surface area contributed by atoms with Crippen molar-refractivity contribution in [2.45, 2.75) is 32.7 Å². The molecule has 0 radical (unpaired) electrons. The van der Waals surface area contributed by atoms with Gasteiger partial charge in [-0.05, 0) is 24.6 Å². The van der Waals surface area contributed by atoms with E-state index in [-0.39, 0.29) is 11.8 Å². The number of nitrogens with zero attached hydrogens (tertiary/aromatic N) is 1. The van der Waals surface area contributed by atoms with E-state index in [1.165, 1.54) is 6.92 Å². The standard InChI is InChI=1S/C14H17ClN2O2/c1-3-4-7-17-12-6-5-10(15)8-11(12)13(14(17)19)16-9(2)18/h5-6,8,13H,3-4,7H2,1-2H3,(H,16,18). The van der Waals surface area contributed by atoms with Crippen LogP contribution in [0.2, 0.25) is 5.02 Å². The van der Waals surface area contributed by atoms with E-state index in [1.54, 1.807) is 17.0 Å². The first-order chi connectivity index (χ1) is 9.04. The van der Waals surface area contributed by atoms with E-state index in [2.05, 4.69) is 12.2 Å². The maximum atomic E-state index is 12.4. The number of amides is 2. The molecule has 19 heavy (non-hydrogen) atoms. The second-order valence-electron chi connectivity index (χ2n) is 4.68. The van der Waals surface area contributed by atoms with Gasteiger partial charge in [-0.25, -0.2) is 0 Å². The van der Waals surface area contributed by atoms with Gasteiger partial charge in [0.2, 0.25) is 5.91 Å². The third-order valence-electron chi connectivity index (χ3n) is 3.19. The summed E-state index contributed by atoms with van der Waals surface area (Å²) in [4.78, 5) is 25.4. The minimum Gasteiger partial charge on any atom is -0.341 e. The van der Waals surface area contributed by atoms with Crippen molar-refractivity contribution in [1.29, 1.82) is 0 Å². The molecule has 1 atom stereocenters. The fraction of sp³-hybridized carbons (Fsp3) is 0.429. The van der Waals surface area contributed by atoms with Crippen LogP contribution in [0.1, 0.15) is 38.3 Å². The second-order valence-corrected chi connectivity index (χ2v) is 5.12. The number of anilines is 1. The quantitative estimate of drug-likeness (QED) is 0.922. The summed E-state index contributed by atoms with van der Waals surface area (Å²) in [7, 11) is 0. The number of hydrogen-bond donors (Lipinski definition) is 1. The molecule has 0 spiro atoms. The lowest BCUT2D eigenvalue weighted by Gasteiger charge is -2.17. The third kappa shape index (κ3) is 2.73. The van der Waals surface area contributed by atoms with Gasteiger partial charge in [0, 0.05) is 29.7 Å². The summed E-state index contributed by atoms with van der Waals surface area (Å²) < 4.78 is 0. The molecule has 1 aliphatic rings. The van der Waals surface area contributed by atoms with Crippen molar-refractivity contribution in [2.75, 3.05) is 11.4 Å². The first kappa shape index (κ1) is 13.9. The van der Waals surface area contributed by atoms with Crippen LogP contribution in [0.5, 0.6) is 0 Å². The Kier molecular flexibility index (Phi) is 4.10. The zero-order chi connectivity index (χ0) is 14.0. The first-order valence-electron chi connectivity index (χ1n) is 6.42. The topological polar surface area (TPSA) is 49.4 Å². The van der Waals surface area contributed by atoms with Crippen LogP contribution in [-0.4, -0.2) is 18.4 Å². The largest absolute Gasteiger partial charge is 0.341 e. The van der Waals surface area contributed by atoms with E-state index < -0.39 is 6.04 Å². The Balaban J connectivity index is 2.36. The van der Waals surface area contributed by atoms with Crippen LogP contribution in [0.3, 0.4) is 0 Å². The molecule has 1 aromatic rings. The molecule has 2 rings (SSSR count). The van der Waals surface area contributed by atoms with Gasteiger partial charge < -0.3 is 10.2 Å². The predicted octanol–water partition coefficient (Wildman–Crippen LogP) is 2.66. The smallest absolute Gasteiger partial charge is 0.254 e. The lowest BCUT2D eigenvalue weighted by atomic mass is 10.1. The van der Waals surface area contributed by atoms with E-state index in [4.69, 9.17) is 11.6 Å². The highest BCUT2D eigenvalue weighted by molar-refractivity contribution is 6.31. The monoisotopic (exact) mass is 280 g/mol. The van der Waals surface area contributed by atoms with Crippen molar-refractivity contribution in [3.05, 3.63) is 28.8 Å². The summed E-state index contributed by atoms with van der Waals surface area (Å²) in [6.45, 7) is 4.15. The number of unbranched alkanes of at least 4 members (excludes halogenated alkanes) is 1. The molecule has 1 aromatic carbocycles. The minimum absolute atomic E-state index is 0.0825. The van der Waals surface area contributed by atoms with Crippen molar-refractivity contribution in [2.24, 2.45) is 0 Å². The van der Waals surface area contributed by atoms with Gasteiger partial charge in [-0.15, -0.1) is 0 Å². The van der Waals surface area contributed by atoms with E-state index in [0.29, 0.717) is 11.6 Å². The van der Waals surface area contributed by atoms with E-state index >= 15 is 0 Å². The van der Waals surface area contributed by atoms with Crippen LogP contribution in [-0.2, 0) is 9.59 Å². The molecule has 0 fully saturated rings. The Labute approximate surface area is 117 Å². The van der Waals surface area contributed by atoms with E-state index in [1.807, 2.05) is 6.07 Å². The summed E-state index contributed by atoms with van der Waals surface area (Å²) in [6, 6.07) is 4.75. The highest BCUT2D eigenvalue weighted by Crippen LogP contribution is 2.37. The van der Waals surface area contributed by atoms with Crippen molar-refractivity contribution in [3.63, 3.8) is 0 Å². The van der Waals surface area contributed by atoms with Gasteiger partial charge in [0.05, 0.1) is 0 Å². The molecule has 0 aromatic heterocycles. The normalized spacial score (nSPS) is 17.5. The number of carbonyl (C=O) groups excluding carboxylic acids is 2. The van der Waals surface area contributed by atoms with Gasteiger partial charge in [0.15, 0.2) is 0 Å². The molecule has 0 aliphatic carbocycles. The number of hydrogen-bond acceptors (Lipinski definition) is 2. The Morgan fingerprint density at radius 3 is 2.84 bits per heavy atom. The maximum absolute atomic E-state index is 12.4. The molecule has 5 heteroatoms. The van der Waals surface area contributed by atoms with Gasteiger partial charge >= 0.3 is 0 Å². The molecule has 4 nitrogen and oxygen atoms in total. The van der Waals surface area contributed by atoms with Crippen LogP contribution < -0.4 is 10.2 Å². The lowest BCUT2D eigenvalue weighted by Crippen LogP contribution is -2.37. The number of carbonyl (C=O) groups is 2. The van der Waals surface area contributed by atoms with Gasteiger partial charge in [-0.2, -0.15) is 0 Å². The van der Waals surface area contributed by atoms with Crippen molar-refractivity contribution in [1.82, 2.24) is 5.32 Å². The Morgan fingerprint density at radius 1 is 1.47 bits per heavy atom. The molecule has 102 valence electrons. The Morgan fingerprint density at radius 2 is 2.21 bits per heavy atom.